The van der Waals surface area contributed by atoms with Gasteiger partial charge in [-0.25, -0.2) is 9.18 Å². The van der Waals surface area contributed by atoms with Crippen LogP contribution in [0, 0.1) is 12.7 Å². The van der Waals surface area contributed by atoms with E-state index >= 15 is 0 Å². The second-order valence-electron chi connectivity index (χ2n) is 7.24. The lowest BCUT2D eigenvalue weighted by Crippen LogP contribution is -2.36. The molecule has 146 valence electrons. The van der Waals surface area contributed by atoms with E-state index in [9.17, 15) is 14.0 Å². The molecule has 1 amide bonds. The van der Waals surface area contributed by atoms with Crippen molar-refractivity contribution in [1.82, 2.24) is 5.32 Å². The number of alkyl carbamates (subject to hydrolysis) is 1. The minimum absolute atomic E-state index is 0.198. The average molecular weight is 432 g/mol. The average Bonchev–Trinajstić information content (AvgIpc) is 2.48. The summed E-state index contributed by atoms with van der Waals surface area (Å²) in [6.07, 6.45) is -0.508. The minimum Gasteiger partial charge on any atom is -0.463 e. The second kappa shape index (κ2) is 9.35. The summed E-state index contributed by atoms with van der Waals surface area (Å²) in [5.74, 6) is -0.997. The van der Waals surface area contributed by atoms with Gasteiger partial charge in [-0.1, -0.05) is 22.9 Å². The maximum absolute atomic E-state index is 14.6. The predicted octanol–water partition coefficient (Wildman–Crippen LogP) is 5.19. The lowest BCUT2D eigenvalue weighted by atomic mass is 10.0. The highest BCUT2D eigenvalue weighted by atomic mass is 79.9. The molecule has 0 aliphatic heterocycles. The third-order valence-electron chi connectivity index (χ3n) is 3.59. The number of halogens is 2. The Balaban J connectivity index is 3.09. The molecule has 5 nitrogen and oxygen atoms in total. The maximum Gasteiger partial charge on any atom is 0.408 e. The van der Waals surface area contributed by atoms with Gasteiger partial charge in [0.15, 0.2) is 0 Å². The topological polar surface area (TPSA) is 64.6 Å². The molecule has 2 atom stereocenters. The van der Waals surface area contributed by atoms with Crippen molar-refractivity contribution in [1.29, 1.82) is 0 Å². The quantitative estimate of drug-likeness (QED) is 0.628. The van der Waals surface area contributed by atoms with E-state index < -0.39 is 29.5 Å². The van der Waals surface area contributed by atoms with Crippen molar-refractivity contribution in [2.75, 3.05) is 0 Å². The number of amides is 1. The van der Waals surface area contributed by atoms with Crippen molar-refractivity contribution >= 4 is 28.0 Å². The molecule has 1 N–H and O–H groups in total. The van der Waals surface area contributed by atoms with Crippen LogP contribution >= 0.6 is 15.9 Å². The van der Waals surface area contributed by atoms with Crippen LogP contribution in [0.15, 0.2) is 16.6 Å². The van der Waals surface area contributed by atoms with Crippen LogP contribution in [0.2, 0.25) is 0 Å². The van der Waals surface area contributed by atoms with Crippen molar-refractivity contribution in [3.8, 4) is 0 Å². The third-order valence-corrected chi connectivity index (χ3v) is 4.05. The van der Waals surface area contributed by atoms with Crippen molar-refractivity contribution in [2.45, 2.75) is 72.1 Å². The lowest BCUT2D eigenvalue weighted by molar-refractivity contribution is -0.148. The van der Waals surface area contributed by atoms with E-state index in [1.165, 1.54) is 0 Å². The van der Waals surface area contributed by atoms with Gasteiger partial charge in [0.25, 0.3) is 0 Å². The monoisotopic (exact) mass is 431 g/mol. The number of esters is 1. The molecular formula is C19H27BrFNO4. The van der Waals surface area contributed by atoms with Gasteiger partial charge in [0.1, 0.15) is 11.4 Å². The molecule has 1 unspecified atom stereocenters. The number of benzene rings is 1. The Morgan fingerprint density at radius 1 is 1.31 bits per heavy atom. The lowest BCUT2D eigenvalue weighted by Gasteiger charge is -2.24. The molecule has 0 aromatic heterocycles. The number of carbonyl (C=O) groups is 2. The summed E-state index contributed by atoms with van der Waals surface area (Å²) >= 11 is 3.32. The number of hydrogen-bond donors (Lipinski definition) is 1. The van der Waals surface area contributed by atoms with Gasteiger partial charge in [0.05, 0.1) is 18.6 Å². The third kappa shape index (κ3) is 7.32. The second-order valence-corrected chi connectivity index (χ2v) is 8.15. The van der Waals surface area contributed by atoms with Crippen LogP contribution in [0.1, 0.15) is 64.6 Å². The first kappa shape index (κ1) is 22.4. The fraction of sp³-hybridized carbons (Fsp3) is 0.579. The highest BCUT2D eigenvalue weighted by Crippen LogP contribution is 2.28. The van der Waals surface area contributed by atoms with E-state index in [4.69, 9.17) is 9.47 Å². The van der Waals surface area contributed by atoms with Crippen molar-refractivity contribution in [3.05, 3.63) is 33.5 Å². The van der Waals surface area contributed by atoms with Crippen LogP contribution in [-0.4, -0.2) is 23.8 Å². The number of rotatable bonds is 6. The van der Waals surface area contributed by atoms with Crippen molar-refractivity contribution in [2.24, 2.45) is 0 Å². The van der Waals surface area contributed by atoms with Gasteiger partial charge in [-0.15, -0.1) is 0 Å². The van der Waals surface area contributed by atoms with Gasteiger partial charge in [-0.3, -0.25) is 4.79 Å². The number of nitrogens with one attached hydrogen (secondary N) is 1. The van der Waals surface area contributed by atoms with E-state index in [0.717, 1.165) is 0 Å². The molecule has 1 aromatic carbocycles. The molecule has 1 aromatic rings. The van der Waals surface area contributed by atoms with Crippen LogP contribution in [-0.2, 0) is 14.3 Å². The van der Waals surface area contributed by atoms with Gasteiger partial charge < -0.3 is 14.8 Å². The highest BCUT2D eigenvalue weighted by Gasteiger charge is 2.26. The Kier molecular flexibility index (Phi) is 8.06. The number of aryl methyl sites for hydroxylation is 1. The number of carbonyl (C=O) groups excluding carboxylic acids is 2. The summed E-state index contributed by atoms with van der Waals surface area (Å²) in [6, 6.07) is 2.26. The van der Waals surface area contributed by atoms with Crippen LogP contribution in [0.5, 0.6) is 0 Å². The van der Waals surface area contributed by atoms with Crippen LogP contribution in [0.3, 0.4) is 0 Å². The highest BCUT2D eigenvalue weighted by molar-refractivity contribution is 9.10. The van der Waals surface area contributed by atoms with Gasteiger partial charge >= 0.3 is 12.1 Å². The molecule has 0 aliphatic carbocycles. The molecular weight excluding hydrogens is 405 g/mol. The van der Waals surface area contributed by atoms with Crippen LogP contribution in [0.25, 0.3) is 0 Å². The SMILES string of the molecule is CC[C@H](C)OC(=O)CC(NC(=O)OC(C)(C)C)c1cc(Br)cc(C)c1F. The Bertz CT molecular complexity index is 658. The Labute approximate surface area is 162 Å². The van der Waals surface area contributed by atoms with Gasteiger partial charge in [-0.2, -0.15) is 0 Å². The largest absolute Gasteiger partial charge is 0.463 e. The normalized spacial score (nSPS) is 13.7. The number of ether oxygens (including phenoxy) is 2. The van der Waals surface area contributed by atoms with Crippen LogP contribution < -0.4 is 5.32 Å². The standard InChI is InChI=1S/C19H27BrFNO4/c1-7-12(3)25-16(23)10-15(22-18(24)26-19(4,5)6)14-9-13(20)8-11(2)17(14)21/h8-9,12,15H,7,10H2,1-6H3,(H,22,24)/t12-,15?/m0/s1. The smallest absolute Gasteiger partial charge is 0.408 e. The number of hydrogen-bond acceptors (Lipinski definition) is 4. The van der Waals surface area contributed by atoms with Gasteiger partial charge in [0.2, 0.25) is 0 Å². The van der Waals surface area contributed by atoms with Crippen molar-refractivity contribution < 1.29 is 23.5 Å². The first-order chi connectivity index (χ1) is 11.9. The molecule has 26 heavy (non-hydrogen) atoms. The van der Waals surface area contributed by atoms with Gasteiger partial charge in [0, 0.05) is 10.0 Å². The van der Waals surface area contributed by atoms with Gasteiger partial charge in [-0.05, 0) is 58.7 Å². The zero-order valence-electron chi connectivity index (χ0n) is 16.1. The Hall–Kier alpha value is -1.63. The molecule has 0 saturated carbocycles. The predicted molar refractivity (Wildman–Crippen MR) is 101 cm³/mol. The summed E-state index contributed by atoms with van der Waals surface area (Å²) in [6.45, 7) is 10.5. The zero-order valence-corrected chi connectivity index (χ0v) is 17.7. The first-order valence-corrected chi connectivity index (χ1v) is 9.36. The van der Waals surface area contributed by atoms with E-state index in [1.807, 2.05) is 6.92 Å². The van der Waals surface area contributed by atoms with E-state index in [1.54, 1.807) is 46.8 Å². The molecule has 0 fully saturated rings. The summed E-state index contributed by atoms with van der Waals surface area (Å²) in [5, 5.41) is 2.58. The molecule has 0 bridgehead atoms. The first-order valence-electron chi connectivity index (χ1n) is 8.57. The molecule has 1 rings (SSSR count). The minimum atomic E-state index is -0.905. The van der Waals surface area contributed by atoms with E-state index in [-0.39, 0.29) is 18.1 Å². The summed E-state index contributed by atoms with van der Waals surface area (Å²) in [5.41, 5.74) is -0.109. The molecule has 7 heteroatoms. The Morgan fingerprint density at radius 2 is 1.92 bits per heavy atom. The molecule has 0 heterocycles. The van der Waals surface area contributed by atoms with E-state index in [0.29, 0.717) is 16.5 Å². The maximum atomic E-state index is 14.6. The summed E-state index contributed by atoms with van der Waals surface area (Å²) in [7, 11) is 0. The molecule has 0 saturated heterocycles. The molecule has 0 aliphatic rings. The fourth-order valence-electron chi connectivity index (χ4n) is 2.22. The van der Waals surface area contributed by atoms with Crippen LogP contribution in [0.4, 0.5) is 9.18 Å². The summed E-state index contributed by atoms with van der Waals surface area (Å²) in [4.78, 5) is 24.4. The molecule has 0 radical (unpaired) electrons. The summed E-state index contributed by atoms with van der Waals surface area (Å²) < 4.78 is 25.8. The molecule has 0 spiro atoms. The fourth-order valence-corrected chi connectivity index (χ4v) is 2.81. The van der Waals surface area contributed by atoms with E-state index in [2.05, 4.69) is 21.2 Å². The zero-order chi connectivity index (χ0) is 20.1. The van der Waals surface area contributed by atoms with Crippen molar-refractivity contribution in [3.63, 3.8) is 0 Å². The Morgan fingerprint density at radius 3 is 2.46 bits per heavy atom.